The van der Waals surface area contributed by atoms with Crippen molar-refractivity contribution < 1.29 is 19.1 Å². The zero-order chi connectivity index (χ0) is 20.2. The molecule has 156 valence electrons. The van der Waals surface area contributed by atoms with E-state index in [1.165, 1.54) is 24.2 Å². The van der Waals surface area contributed by atoms with Gasteiger partial charge in [-0.25, -0.2) is 4.79 Å². The predicted molar refractivity (Wildman–Crippen MR) is 104 cm³/mol. The maximum Gasteiger partial charge on any atom is 0.411 e. The van der Waals surface area contributed by atoms with Gasteiger partial charge in [0.05, 0.1) is 0 Å². The molecular weight excluding hydrogens is 346 g/mol. The topological polar surface area (TPSA) is 62.3 Å². The standard InChI is InChI=1S/C20H37N3O4/c1-15(21-10-8-7-9-11-21)14-17(26-6)23-13-12-22(16(2)18(23)24)19(25)27-20(3,4)5/h15-17H,7-14H2,1-6H3/t15-,16-,17?/m0/s1. The zero-order valence-electron chi connectivity index (χ0n) is 17.9. The third-order valence-corrected chi connectivity index (χ3v) is 5.49. The van der Waals surface area contributed by atoms with Gasteiger partial charge in [-0.15, -0.1) is 0 Å². The van der Waals surface area contributed by atoms with Crippen LogP contribution in [0.5, 0.6) is 0 Å². The lowest BCUT2D eigenvalue weighted by molar-refractivity contribution is -0.157. The summed E-state index contributed by atoms with van der Waals surface area (Å²) in [5.74, 6) is -0.0789. The van der Waals surface area contributed by atoms with Crippen LogP contribution in [-0.2, 0) is 14.3 Å². The normalized spacial score (nSPS) is 24.7. The summed E-state index contributed by atoms with van der Waals surface area (Å²) in [4.78, 5) is 31.1. The number of methoxy groups -OCH3 is 1. The van der Waals surface area contributed by atoms with Crippen LogP contribution in [0.2, 0.25) is 0 Å². The molecule has 0 saturated carbocycles. The van der Waals surface area contributed by atoms with E-state index in [-0.39, 0.29) is 12.1 Å². The second-order valence-corrected chi connectivity index (χ2v) is 8.75. The van der Waals surface area contributed by atoms with Gasteiger partial charge >= 0.3 is 6.09 Å². The second-order valence-electron chi connectivity index (χ2n) is 8.75. The fourth-order valence-corrected chi connectivity index (χ4v) is 3.90. The van der Waals surface area contributed by atoms with Crippen molar-refractivity contribution in [2.75, 3.05) is 33.3 Å². The van der Waals surface area contributed by atoms with Crippen LogP contribution in [0.1, 0.15) is 60.3 Å². The second kappa shape index (κ2) is 9.24. The van der Waals surface area contributed by atoms with Gasteiger partial charge in [0.2, 0.25) is 5.91 Å². The molecule has 0 radical (unpaired) electrons. The van der Waals surface area contributed by atoms with Crippen molar-refractivity contribution in [1.82, 2.24) is 14.7 Å². The summed E-state index contributed by atoms with van der Waals surface area (Å²) in [6.45, 7) is 12.6. The minimum atomic E-state index is -0.573. The van der Waals surface area contributed by atoms with Crippen LogP contribution in [-0.4, -0.2) is 83.9 Å². The number of amides is 2. The molecule has 27 heavy (non-hydrogen) atoms. The van der Waals surface area contributed by atoms with Gasteiger partial charge in [-0.2, -0.15) is 0 Å². The molecule has 2 rings (SSSR count). The van der Waals surface area contributed by atoms with Gasteiger partial charge in [0.25, 0.3) is 0 Å². The number of hydrogen-bond acceptors (Lipinski definition) is 5. The van der Waals surface area contributed by atoms with Crippen molar-refractivity contribution in [3.8, 4) is 0 Å². The number of piperazine rings is 1. The van der Waals surface area contributed by atoms with Crippen LogP contribution in [0.3, 0.4) is 0 Å². The molecule has 0 aromatic heterocycles. The average molecular weight is 384 g/mol. The van der Waals surface area contributed by atoms with E-state index in [4.69, 9.17) is 9.47 Å². The van der Waals surface area contributed by atoms with Crippen LogP contribution < -0.4 is 0 Å². The highest BCUT2D eigenvalue weighted by molar-refractivity contribution is 5.86. The summed E-state index contributed by atoms with van der Waals surface area (Å²) in [6, 6.07) is -0.182. The maximum absolute atomic E-state index is 12.9. The van der Waals surface area contributed by atoms with Crippen molar-refractivity contribution in [3.05, 3.63) is 0 Å². The van der Waals surface area contributed by atoms with Gasteiger partial charge in [0.15, 0.2) is 0 Å². The van der Waals surface area contributed by atoms with Crippen LogP contribution in [0.25, 0.3) is 0 Å². The first kappa shape index (κ1) is 22.0. The zero-order valence-corrected chi connectivity index (χ0v) is 17.9. The minimum Gasteiger partial charge on any atom is -0.444 e. The number of rotatable bonds is 5. The third kappa shape index (κ3) is 5.82. The molecule has 2 aliphatic rings. The van der Waals surface area contributed by atoms with E-state index in [1.54, 1.807) is 18.9 Å². The van der Waals surface area contributed by atoms with Crippen molar-refractivity contribution >= 4 is 12.0 Å². The molecule has 0 N–H and O–H groups in total. The summed E-state index contributed by atoms with van der Waals surface area (Å²) in [5, 5.41) is 0. The molecule has 2 amide bonds. The van der Waals surface area contributed by atoms with Crippen molar-refractivity contribution in [1.29, 1.82) is 0 Å². The SMILES string of the molecule is COC(C[C@H](C)N1CCCCC1)N1CCN(C(=O)OC(C)(C)C)[C@@H](C)C1=O. The van der Waals surface area contributed by atoms with E-state index in [0.29, 0.717) is 19.1 Å². The molecule has 3 atom stereocenters. The first-order chi connectivity index (χ1) is 12.6. The lowest BCUT2D eigenvalue weighted by atomic mass is 10.1. The Morgan fingerprint density at radius 3 is 2.33 bits per heavy atom. The quantitative estimate of drug-likeness (QED) is 0.730. The van der Waals surface area contributed by atoms with Crippen molar-refractivity contribution in [2.24, 2.45) is 0 Å². The molecule has 0 bridgehead atoms. The Hall–Kier alpha value is -1.34. The number of nitrogens with zero attached hydrogens (tertiary/aromatic N) is 3. The highest BCUT2D eigenvalue weighted by Gasteiger charge is 2.39. The number of piperidine rings is 1. The van der Waals surface area contributed by atoms with Crippen LogP contribution in [0.4, 0.5) is 4.79 Å². The van der Waals surface area contributed by atoms with E-state index in [1.807, 2.05) is 20.8 Å². The third-order valence-electron chi connectivity index (χ3n) is 5.49. The number of carbonyl (C=O) groups is 2. The lowest BCUT2D eigenvalue weighted by Gasteiger charge is -2.43. The average Bonchev–Trinajstić information content (AvgIpc) is 2.61. The van der Waals surface area contributed by atoms with Gasteiger partial charge in [0.1, 0.15) is 17.9 Å². The van der Waals surface area contributed by atoms with E-state index >= 15 is 0 Å². The molecule has 7 nitrogen and oxygen atoms in total. The number of likely N-dealkylation sites (tertiary alicyclic amines) is 1. The largest absolute Gasteiger partial charge is 0.444 e. The molecular formula is C20H37N3O4. The van der Waals surface area contributed by atoms with Gasteiger partial charge in [-0.05, 0) is 60.5 Å². The molecule has 1 unspecified atom stereocenters. The molecule has 0 spiro atoms. The van der Waals surface area contributed by atoms with Crippen LogP contribution >= 0.6 is 0 Å². The fourth-order valence-electron chi connectivity index (χ4n) is 3.90. The number of hydrogen-bond donors (Lipinski definition) is 0. The van der Waals surface area contributed by atoms with Gasteiger partial charge in [-0.1, -0.05) is 6.42 Å². The summed E-state index contributed by atoms with van der Waals surface area (Å²) in [7, 11) is 1.66. The molecule has 7 heteroatoms. The van der Waals surface area contributed by atoms with Crippen molar-refractivity contribution in [3.63, 3.8) is 0 Å². The molecule has 2 saturated heterocycles. The molecule has 0 aromatic rings. The first-order valence-electron chi connectivity index (χ1n) is 10.2. The Labute approximate surface area is 163 Å². The van der Waals surface area contributed by atoms with Gasteiger partial charge in [-0.3, -0.25) is 9.69 Å². The van der Waals surface area contributed by atoms with E-state index < -0.39 is 17.7 Å². The molecule has 2 aliphatic heterocycles. The fraction of sp³-hybridized carbons (Fsp3) is 0.900. The predicted octanol–water partition coefficient (Wildman–Crippen LogP) is 2.69. The Morgan fingerprint density at radius 1 is 1.15 bits per heavy atom. The Kier molecular flexibility index (Phi) is 7.51. The molecule has 2 fully saturated rings. The minimum absolute atomic E-state index is 0.0789. The summed E-state index contributed by atoms with van der Waals surface area (Å²) < 4.78 is 11.1. The van der Waals surface area contributed by atoms with E-state index in [0.717, 1.165) is 19.5 Å². The Bertz CT molecular complexity index is 514. The molecule has 0 aromatic carbocycles. The van der Waals surface area contributed by atoms with Gasteiger partial charge < -0.3 is 19.3 Å². The molecule has 0 aliphatic carbocycles. The number of carbonyl (C=O) groups excluding carboxylic acids is 2. The van der Waals surface area contributed by atoms with E-state index in [9.17, 15) is 9.59 Å². The summed E-state index contributed by atoms with van der Waals surface area (Å²) in [6.07, 6.45) is 3.87. The monoisotopic (exact) mass is 383 g/mol. The Morgan fingerprint density at radius 2 is 1.78 bits per heavy atom. The highest BCUT2D eigenvalue weighted by atomic mass is 16.6. The van der Waals surface area contributed by atoms with Crippen LogP contribution in [0, 0.1) is 0 Å². The first-order valence-corrected chi connectivity index (χ1v) is 10.2. The summed E-state index contributed by atoms with van der Waals surface area (Å²) in [5.41, 5.74) is -0.573. The number of ether oxygens (including phenoxy) is 2. The molecule has 2 heterocycles. The maximum atomic E-state index is 12.9. The summed E-state index contributed by atoms with van der Waals surface area (Å²) >= 11 is 0. The van der Waals surface area contributed by atoms with Crippen LogP contribution in [0.15, 0.2) is 0 Å². The highest BCUT2D eigenvalue weighted by Crippen LogP contribution is 2.22. The van der Waals surface area contributed by atoms with Crippen molar-refractivity contribution in [2.45, 2.75) is 84.2 Å². The lowest BCUT2D eigenvalue weighted by Crippen LogP contribution is -2.61. The van der Waals surface area contributed by atoms with E-state index in [2.05, 4.69) is 11.8 Å². The smallest absolute Gasteiger partial charge is 0.411 e. The van der Waals surface area contributed by atoms with Gasteiger partial charge in [0, 0.05) is 32.7 Å². The Balaban J connectivity index is 1.97.